The van der Waals surface area contributed by atoms with Crippen LogP contribution in [0.25, 0.3) is 0 Å². The molecule has 1 N–H and O–H groups in total. The number of hydrogen-bond acceptors (Lipinski definition) is 3. The molecule has 0 radical (unpaired) electrons. The van der Waals surface area contributed by atoms with Gasteiger partial charge in [0.25, 0.3) is 0 Å². The van der Waals surface area contributed by atoms with Gasteiger partial charge in [0.05, 0.1) is 6.61 Å². The maximum atomic E-state index is 11.4. The Morgan fingerprint density at radius 1 is 1.35 bits per heavy atom. The van der Waals surface area contributed by atoms with E-state index in [0.717, 1.165) is 12.8 Å². The van der Waals surface area contributed by atoms with Gasteiger partial charge in [-0.1, -0.05) is 32.6 Å². The minimum atomic E-state index is -0.772. The van der Waals surface area contributed by atoms with Gasteiger partial charge in [0.2, 0.25) is 0 Å². The van der Waals surface area contributed by atoms with Crippen molar-refractivity contribution in [2.45, 2.75) is 51.5 Å². The first kappa shape index (κ1) is 16.4. The number of hydrogen-bond donors (Lipinski definition) is 1. The summed E-state index contributed by atoms with van der Waals surface area (Å²) in [6.45, 7) is 5.17. The average molecular weight is 245 g/mol. The number of nitrogens with zero attached hydrogens (tertiary/aromatic N) is 1. The first-order valence-electron chi connectivity index (χ1n) is 6.42. The number of ether oxygens (including phenoxy) is 1. The molecule has 0 aliphatic heterocycles. The highest BCUT2D eigenvalue weighted by molar-refractivity contribution is 5.78. The third-order valence-electron chi connectivity index (χ3n) is 3.45. The Morgan fingerprint density at radius 2 is 2.00 bits per heavy atom. The molecular formula is C13H27NO3. The fourth-order valence-corrected chi connectivity index (χ4v) is 1.83. The summed E-state index contributed by atoms with van der Waals surface area (Å²) in [5.74, 6) is -0.743. The maximum absolute atomic E-state index is 11.4. The van der Waals surface area contributed by atoms with Gasteiger partial charge in [0, 0.05) is 13.7 Å². The summed E-state index contributed by atoms with van der Waals surface area (Å²) < 4.78 is 5.00. The smallest absolute Gasteiger partial charge is 0.323 e. The van der Waals surface area contributed by atoms with Crippen LogP contribution in [0.1, 0.15) is 46.0 Å². The summed E-state index contributed by atoms with van der Waals surface area (Å²) in [6, 6.07) is 0. The van der Waals surface area contributed by atoms with E-state index in [1.54, 1.807) is 14.0 Å². The molecule has 0 saturated heterocycles. The van der Waals surface area contributed by atoms with E-state index in [0.29, 0.717) is 19.6 Å². The fourth-order valence-electron chi connectivity index (χ4n) is 1.83. The van der Waals surface area contributed by atoms with Crippen LogP contribution in [0.4, 0.5) is 0 Å². The highest BCUT2D eigenvalue weighted by atomic mass is 16.5. The molecule has 17 heavy (non-hydrogen) atoms. The van der Waals surface area contributed by atoms with Crippen molar-refractivity contribution in [2.24, 2.45) is 0 Å². The molecule has 4 heteroatoms. The lowest BCUT2D eigenvalue weighted by Crippen LogP contribution is -2.51. The van der Waals surface area contributed by atoms with Crippen molar-refractivity contribution in [3.63, 3.8) is 0 Å². The lowest BCUT2D eigenvalue weighted by atomic mass is 9.92. The first-order valence-corrected chi connectivity index (χ1v) is 6.42. The zero-order chi connectivity index (χ0) is 13.3. The standard InChI is InChI=1S/C13H27NO3/c1-5-6-7-8-9-13(2,12(15)16)14(3)10-11-17-4/h5-11H2,1-4H3,(H,15,16). The Labute approximate surface area is 105 Å². The van der Waals surface area contributed by atoms with Crippen LogP contribution in [-0.2, 0) is 9.53 Å². The molecule has 0 fully saturated rings. The van der Waals surface area contributed by atoms with Gasteiger partial charge in [-0.05, 0) is 20.4 Å². The summed E-state index contributed by atoms with van der Waals surface area (Å²) in [6.07, 6.45) is 5.12. The van der Waals surface area contributed by atoms with Gasteiger partial charge in [-0.2, -0.15) is 0 Å². The van der Waals surface area contributed by atoms with Gasteiger partial charge < -0.3 is 9.84 Å². The van der Waals surface area contributed by atoms with Crippen molar-refractivity contribution in [1.29, 1.82) is 0 Å². The third-order valence-corrected chi connectivity index (χ3v) is 3.45. The molecule has 1 unspecified atom stereocenters. The predicted molar refractivity (Wildman–Crippen MR) is 69.3 cm³/mol. The normalized spacial score (nSPS) is 14.9. The molecule has 0 aromatic heterocycles. The topological polar surface area (TPSA) is 49.8 Å². The minimum absolute atomic E-state index is 0.564. The van der Waals surface area contributed by atoms with E-state index in [4.69, 9.17) is 4.74 Å². The van der Waals surface area contributed by atoms with Crippen molar-refractivity contribution >= 4 is 5.97 Å². The molecular weight excluding hydrogens is 218 g/mol. The summed E-state index contributed by atoms with van der Waals surface area (Å²) in [7, 11) is 3.49. The lowest BCUT2D eigenvalue weighted by Gasteiger charge is -2.35. The molecule has 102 valence electrons. The Morgan fingerprint density at radius 3 is 2.47 bits per heavy atom. The van der Waals surface area contributed by atoms with Crippen LogP contribution in [0.2, 0.25) is 0 Å². The van der Waals surface area contributed by atoms with Gasteiger partial charge in [-0.3, -0.25) is 9.69 Å². The second-order valence-electron chi connectivity index (χ2n) is 4.80. The first-order chi connectivity index (χ1) is 7.99. The van der Waals surface area contributed by atoms with Crippen molar-refractivity contribution in [3.8, 4) is 0 Å². The van der Waals surface area contributed by atoms with Crippen LogP contribution < -0.4 is 0 Å². The number of methoxy groups -OCH3 is 1. The van der Waals surface area contributed by atoms with Gasteiger partial charge in [-0.25, -0.2) is 0 Å². The number of carboxylic acid groups (broad SMARTS) is 1. The number of likely N-dealkylation sites (N-methyl/N-ethyl adjacent to an activating group) is 1. The van der Waals surface area contributed by atoms with E-state index in [2.05, 4.69) is 6.92 Å². The summed E-state index contributed by atoms with van der Waals surface area (Å²) in [4.78, 5) is 13.3. The molecule has 0 aromatic rings. The Kier molecular flexibility index (Phi) is 8.17. The lowest BCUT2D eigenvalue weighted by molar-refractivity contribution is -0.150. The molecule has 0 aliphatic rings. The van der Waals surface area contributed by atoms with Crippen LogP contribution in [0.3, 0.4) is 0 Å². The quantitative estimate of drug-likeness (QED) is 0.600. The largest absolute Gasteiger partial charge is 0.480 e. The second kappa shape index (κ2) is 8.48. The maximum Gasteiger partial charge on any atom is 0.323 e. The molecule has 0 aromatic carbocycles. The number of carbonyl (C=O) groups is 1. The Bertz CT molecular complexity index is 221. The van der Waals surface area contributed by atoms with Crippen LogP contribution in [0.5, 0.6) is 0 Å². The van der Waals surface area contributed by atoms with Crippen molar-refractivity contribution < 1.29 is 14.6 Å². The van der Waals surface area contributed by atoms with E-state index in [9.17, 15) is 9.90 Å². The monoisotopic (exact) mass is 245 g/mol. The zero-order valence-corrected chi connectivity index (χ0v) is 11.7. The highest BCUT2D eigenvalue weighted by Gasteiger charge is 2.36. The van der Waals surface area contributed by atoms with Gasteiger partial charge >= 0.3 is 5.97 Å². The molecule has 0 spiro atoms. The zero-order valence-electron chi connectivity index (χ0n) is 11.7. The number of unbranched alkanes of at least 4 members (excludes halogenated alkanes) is 3. The van der Waals surface area contributed by atoms with Crippen molar-refractivity contribution in [1.82, 2.24) is 4.90 Å². The summed E-state index contributed by atoms with van der Waals surface area (Å²) >= 11 is 0. The predicted octanol–water partition coefficient (Wildman–Crippen LogP) is 2.38. The molecule has 1 atom stereocenters. The van der Waals surface area contributed by atoms with E-state index in [-0.39, 0.29) is 0 Å². The average Bonchev–Trinajstić information content (AvgIpc) is 2.30. The molecule has 0 heterocycles. The molecule has 0 amide bonds. The van der Waals surface area contributed by atoms with Crippen LogP contribution in [0, 0.1) is 0 Å². The van der Waals surface area contributed by atoms with E-state index in [1.165, 1.54) is 12.8 Å². The van der Waals surface area contributed by atoms with Crippen LogP contribution in [0.15, 0.2) is 0 Å². The van der Waals surface area contributed by atoms with Gasteiger partial charge in [-0.15, -0.1) is 0 Å². The molecule has 0 bridgehead atoms. The Balaban J connectivity index is 4.29. The van der Waals surface area contributed by atoms with E-state index >= 15 is 0 Å². The highest BCUT2D eigenvalue weighted by Crippen LogP contribution is 2.22. The fraction of sp³-hybridized carbons (Fsp3) is 0.923. The van der Waals surface area contributed by atoms with Crippen molar-refractivity contribution in [2.75, 3.05) is 27.3 Å². The molecule has 0 saturated carbocycles. The summed E-state index contributed by atoms with van der Waals surface area (Å²) in [5, 5.41) is 9.38. The molecule has 0 rings (SSSR count). The van der Waals surface area contributed by atoms with E-state index in [1.807, 2.05) is 11.9 Å². The Hall–Kier alpha value is -0.610. The third kappa shape index (κ3) is 5.50. The van der Waals surface area contributed by atoms with Gasteiger partial charge in [0.15, 0.2) is 0 Å². The second-order valence-corrected chi connectivity index (χ2v) is 4.80. The van der Waals surface area contributed by atoms with Gasteiger partial charge in [0.1, 0.15) is 5.54 Å². The van der Waals surface area contributed by atoms with Crippen LogP contribution in [-0.4, -0.2) is 48.8 Å². The number of carboxylic acids is 1. The van der Waals surface area contributed by atoms with E-state index < -0.39 is 11.5 Å². The van der Waals surface area contributed by atoms with Crippen molar-refractivity contribution in [3.05, 3.63) is 0 Å². The molecule has 0 aliphatic carbocycles. The van der Waals surface area contributed by atoms with Crippen LogP contribution >= 0.6 is 0 Å². The number of rotatable bonds is 10. The molecule has 4 nitrogen and oxygen atoms in total. The minimum Gasteiger partial charge on any atom is -0.480 e. The SMILES string of the molecule is CCCCCCC(C)(C(=O)O)N(C)CCOC. The number of aliphatic carboxylic acids is 1. The summed E-state index contributed by atoms with van der Waals surface area (Å²) in [5.41, 5.74) is -0.772.